The Morgan fingerprint density at radius 2 is 1.75 bits per heavy atom. The Labute approximate surface area is 156 Å². The monoisotopic (exact) mass is 383 g/mol. The van der Waals surface area contributed by atoms with Crippen LogP contribution >= 0.6 is 34.5 Å². The molecular weight excluding hydrogens is 365 g/mol. The average molecular weight is 384 g/mol. The SMILES string of the molecule is O=C(NCCN1CCN(c2ccc(Cl)cc2)CC1)c1ccc(Cl)s1. The fourth-order valence-electron chi connectivity index (χ4n) is 2.73. The van der Waals surface area contributed by atoms with Crippen molar-refractivity contribution in [2.24, 2.45) is 0 Å². The largest absolute Gasteiger partial charge is 0.369 e. The topological polar surface area (TPSA) is 35.6 Å². The van der Waals surface area contributed by atoms with Gasteiger partial charge in [0.2, 0.25) is 0 Å². The normalized spacial score (nSPS) is 15.5. The quantitative estimate of drug-likeness (QED) is 0.856. The minimum Gasteiger partial charge on any atom is -0.369 e. The van der Waals surface area contributed by atoms with Gasteiger partial charge >= 0.3 is 0 Å². The molecule has 1 N–H and O–H groups in total. The summed E-state index contributed by atoms with van der Waals surface area (Å²) in [5, 5.41) is 3.72. The first-order valence-electron chi connectivity index (χ1n) is 7.88. The van der Waals surface area contributed by atoms with Gasteiger partial charge in [-0.2, -0.15) is 0 Å². The van der Waals surface area contributed by atoms with Crippen molar-refractivity contribution >= 4 is 46.1 Å². The molecule has 24 heavy (non-hydrogen) atoms. The smallest absolute Gasteiger partial charge is 0.261 e. The van der Waals surface area contributed by atoms with Gasteiger partial charge in [-0.15, -0.1) is 11.3 Å². The Bertz CT molecular complexity index is 681. The second-order valence-electron chi connectivity index (χ2n) is 5.66. The number of halogens is 2. The number of rotatable bonds is 5. The van der Waals surface area contributed by atoms with E-state index in [2.05, 4.69) is 27.2 Å². The van der Waals surface area contributed by atoms with Gasteiger partial charge in [-0.05, 0) is 36.4 Å². The summed E-state index contributed by atoms with van der Waals surface area (Å²) in [6.07, 6.45) is 0. The highest BCUT2D eigenvalue weighted by molar-refractivity contribution is 7.17. The summed E-state index contributed by atoms with van der Waals surface area (Å²) < 4.78 is 0.637. The van der Waals surface area contributed by atoms with Crippen molar-refractivity contribution in [3.8, 4) is 0 Å². The second-order valence-corrected chi connectivity index (χ2v) is 7.82. The van der Waals surface area contributed by atoms with Crippen molar-refractivity contribution < 1.29 is 4.79 Å². The molecule has 4 nitrogen and oxygen atoms in total. The van der Waals surface area contributed by atoms with Crippen LogP contribution in [0.5, 0.6) is 0 Å². The number of nitrogens with one attached hydrogen (secondary N) is 1. The summed E-state index contributed by atoms with van der Waals surface area (Å²) in [5.41, 5.74) is 1.21. The molecule has 1 aromatic heterocycles. The van der Waals surface area contributed by atoms with Crippen LogP contribution in [-0.2, 0) is 0 Å². The maximum Gasteiger partial charge on any atom is 0.261 e. The summed E-state index contributed by atoms with van der Waals surface area (Å²) in [4.78, 5) is 17.4. The van der Waals surface area contributed by atoms with Gasteiger partial charge in [0.15, 0.2) is 0 Å². The van der Waals surface area contributed by atoms with Gasteiger partial charge in [0.25, 0.3) is 5.91 Å². The molecule has 0 atom stereocenters. The maximum absolute atomic E-state index is 12.0. The predicted octanol–water partition coefficient (Wildman–Crippen LogP) is 3.61. The van der Waals surface area contributed by atoms with Crippen molar-refractivity contribution in [3.05, 3.63) is 50.6 Å². The summed E-state index contributed by atoms with van der Waals surface area (Å²) in [7, 11) is 0. The molecule has 128 valence electrons. The van der Waals surface area contributed by atoms with E-state index in [0.717, 1.165) is 37.7 Å². The summed E-state index contributed by atoms with van der Waals surface area (Å²) >= 11 is 13.1. The molecule has 7 heteroatoms. The number of piperazine rings is 1. The van der Waals surface area contributed by atoms with E-state index in [-0.39, 0.29) is 5.91 Å². The summed E-state index contributed by atoms with van der Waals surface area (Å²) in [5.74, 6) is -0.0494. The number of hydrogen-bond acceptors (Lipinski definition) is 4. The van der Waals surface area contributed by atoms with Crippen LogP contribution in [0.15, 0.2) is 36.4 Å². The highest BCUT2D eigenvalue weighted by Crippen LogP contribution is 2.21. The Morgan fingerprint density at radius 1 is 1.04 bits per heavy atom. The highest BCUT2D eigenvalue weighted by atomic mass is 35.5. The molecule has 1 saturated heterocycles. The Kier molecular flexibility index (Phi) is 6.00. The van der Waals surface area contributed by atoms with Gasteiger partial charge in [0.1, 0.15) is 0 Å². The van der Waals surface area contributed by atoms with Crippen LogP contribution in [0.25, 0.3) is 0 Å². The molecule has 0 bridgehead atoms. The lowest BCUT2D eigenvalue weighted by atomic mass is 10.2. The van der Waals surface area contributed by atoms with Gasteiger partial charge in [0, 0.05) is 50.0 Å². The van der Waals surface area contributed by atoms with Crippen LogP contribution < -0.4 is 10.2 Å². The van der Waals surface area contributed by atoms with E-state index in [1.165, 1.54) is 17.0 Å². The standard InChI is InChI=1S/C17H19Cl2N3OS/c18-13-1-3-14(4-2-13)22-11-9-21(10-12-22)8-7-20-17(23)15-5-6-16(19)24-15/h1-6H,7-12H2,(H,20,23). The summed E-state index contributed by atoms with van der Waals surface area (Å²) in [6.45, 7) is 5.45. The van der Waals surface area contributed by atoms with Crippen LogP contribution in [0.2, 0.25) is 9.36 Å². The molecule has 0 saturated carbocycles. The molecule has 1 fully saturated rings. The van der Waals surface area contributed by atoms with E-state index in [1.54, 1.807) is 12.1 Å². The molecule has 1 aliphatic heterocycles. The van der Waals surface area contributed by atoms with Crippen molar-refractivity contribution in [1.82, 2.24) is 10.2 Å². The Balaban J connectivity index is 1.39. The van der Waals surface area contributed by atoms with E-state index >= 15 is 0 Å². The number of anilines is 1. The Morgan fingerprint density at radius 3 is 2.38 bits per heavy atom. The van der Waals surface area contributed by atoms with Gasteiger partial charge in [-0.3, -0.25) is 9.69 Å². The molecule has 1 amide bonds. The van der Waals surface area contributed by atoms with Gasteiger partial charge < -0.3 is 10.2 Å². The number of hydrogen-bond donors (Lipinski definition) is 1. The molecule has 2 heterocycles. The van der Waals surface area contributed by atoms with Gasteiger partial charge in [0.05, 0.1) is 9.21 Å². The molecule has 1 aromatic carbocycles. The van der Waals surface area contributed by atoms with Crippen LogP contribution in [0, 0.1) is 0 Å². The molecule has 2 aromatic rings. The first-order chi connectivity index (χ1) is 11.6. The zero-order valence-corrected chi connectivity index (χ0v) is 15.5. The average Bonchev–Trinajstić information content (AvgIpc) is 3.03. The van der Waals surface area contributed by atoms with Crippen molar-refractivity contribution in [2.75, 3.05) is 44.2 Å². The number of amides is 1. The maximum atomic E-state index is 12.0. The molecule has 0 aliphatic carbocycles. The van der Waals surface area contributed by atoms with Gasteiger partial charge in [-0.25, -0.2) is 0 Å². The van der Waals surface area contributed by atoms with Crippen LogP contribution in [0.3, 0.4) is 0 Å². The van der Waals surface area contributed by atoms with Crippen LogP contribution in [0.4, 0.5) is 5.69 Å². The first kappa shape index (κ1) is 17.5. The third-order valence-electron chi connectivity index (χ3n) is 4.07. The third-order valence-corrected chi connectivity index (χ3v) is 5.56. The van der Waals surface area contributed by atoms with Crippen LogP contribution in [0.1, 0.15) is 9.67 Å². The minimum absolute atomic E-state index is 0.0494. The van der Waals surface area contributed by atoms with E-state index in [1.807, 2.05) is 12.1 Å². The van der Waals surface area contributed by atoms with Crippen LogP contribution in [-0.4, -0.2) is 50.1 Å². The Hall–Kier alpha value is -1.27. The predicted molar refractivity (Wildman–Crippen MR) is 102 cm³/mol. The third kappa shape index (κ3) is 4.63. The highest BCUT2D eigenvalue weighted by Gasteiger charge is 2.17. The fourth-order valence-corrected chi connectivity index (χ4v) is 3.82. The number of nitrogens with zero attached hydrogens (tertiary/aromatic N) is 2. The van der Waals surface area contributed by atoms with E-state index < -0.39 is 0 Å². The van der Waals surface area contributed by atoms with Crippen molar-refractivity contribution in [1.29, 1.82) is 0 Å². The number of thiophene rings is 1. The molecular formula is C17H19Cl2N3OS. The minimum atomic E-state index is -0.0494. The fraction of sp³-hybridized carbons (Fsp3) is 0.353. The lowest BCUT2D eigenvalue weighted by molar-refractivity contribution is 0.0952. The van der Waals surface area contributed by atoms with Gasteiger partial charge in [-0.1, -0.05) is 23.2 Å². The van der Waals surface area contributed by atoms with Crippen molar-refractivity contribution in [2.45, 2.75) is 0 Å². The zero-order chi connectivity index (χ0) is 16.9. The second kappa shape index (κ2) is 8.21. The van der Waals surface area contributed by atoms with E-state index in [4.69, 9.17) is 23.2 Å². The molecule has 1 aliphatic rings. The number of benzene rings is 1. The number of carbonyl (C=O) groups is 1. The molecule has 0 spiro atoms. The molecule has 3 rings (SSSR count). The first-order valence-corrected chi connectivity index (χ1v) is 9.45. The molecule has 0 radical (unpaired) electrons. The zero-order valence-electron chi connectivity index (χ0n) is 13.2. The molecule has 0 unspecified atom stereocenters. The van der Waals surface area contributed by atoms with E-state index in [9.17, 15) is 4.79 Å². The van der Waals surface area contributed by atoms with E-state index in [0.29, 0.717) is 15.8 Å². The lowest BCUT2D eigenvalue weighted by Crippen LogP contribution is -2.48. The number of carbonyl (C=O) groups excluding carboxylic acids is 1. The van der Waals surface area contributed by atoms with Crippen molar-refractivity contribution in [3.63, 3.8) is 0 Å². The lowest BCUT2D eigenvalue weighted by Gasteiger charge is -2.36. The summed E-state index contributed by atoms with van der Waals surface area (Å²) in [6, 6.07) is 11.5.